The number of alkyl halides is 3. The smallest absolute Gasteiger partial charge is 0.205 e. The van der Waals surface area contributed by atoms with Crippen LogP contribution in [0.2, 0.25) is 0 Å². The van der Waals surface area contributed by atoms with E-state index < -0.39 is 21.9 Å². The molecule has 1 aromatic heterocycles. The maximum absolute atomic E-state index is 11.9. The molecule has 0 aromatic carbocycles. The van der Waals surface area contributed by atoms with E-state index in [1.807, 2.05) is 0 Å². The van der Waals surface area contributed by atoms with Gasteiger partial charge in [-0.05, 0) is 6.07 Å². The molecule has 0 spiro atoms. The molecule has 0 N–H and O–H groups in total. The maximum Gasteiger partial charge on any atom is 0.435 e. The van der Waals surface area contributed by atoms with Gasteiger partial charge in [-0.3, -0.25) is 0 Å². The third-order valence-corrected chi connectivity index (χ3v) is 2.08. The van der Waals surface area contributed by atoms with Crippen molar-refractivity contribution in [2.45, 2.75) is 6.18 Å². The summed E-state index contributed by atoms with van der Waals surface area (Å²) in [6.45, 7) is 0. The largest absolute Gasteiger partial charge is 0.435 e. The van der Waals surface area contributed by atoms with Gasteiger partial charge in [-0.2, -0.15) is 22.4 Å². The van der Waals surface area contributed by atoms with Crippen LogP contribution in [0.5, 0.6) is 0 Å². The van der Waals surface area contributed by atoms with Gasteiger partial charge in [0.2, 0.25) is 0 Å². The highest BCUT2D eigenvalue weighted by Gasteiger charge is 2.34. The van der Waals surface area contributed by atoms with E-state index in [1.165, 1.54) is 0 Å². The monoisotopic (exact) mass is 214 g/mol. The van der Waals surface area contributed by atoms with E-state index >= 15 is 0 Å². The number of aromatic nitrogens is 2. The Balaban J connectivity index is 3.16. The summed E-state index contributed by atoms with van der Waals surface area (Å²) in [6.07, 6.45) is -3.10. The summed E-state index contributed by atoms with van der Waals surface area (Å²) in [4.78, 5) is 0. The van der Waals surface area contributed by atoms with E-state index in [-0.39, 0.29) is 4.09 Å². The van der Waals surface area contributed by atoms with Gasteiger partial charge in [0.15, 0.2) is 5.69 Å². The zero-order chi connectivity index (χ0) is 10.3. The molecule has 0 aliphatic rings. The van der Waals surface area contributed by atoms with Crippen LogP contribution in [0, 0.1) is 0 Å². The minimum Gasteiger partial charge on any atom is -0.205 e. The second-order valence-electron chi connectivity index (χ2n) is 2.33. The zero-order valence-electron chi connectivity index (χ0n) is 6.41. The highest BCUT2D eigenvalue weighted by Crippen LogP contribution is 2.27. The van der Waals surface area contributed by atoms with Crippen LogP contribution in [0.1, 0.15) is 5.69 Å². The molecule has 0 aliphatic carbocycles. The number of hydrogen-bond acceptors (Lipinski definition) is 3. The van der Waals surface area contributed by atoms with Gasteiger partial charge in [-0.1, -0.05) is 0 Å². The molecule has 1 heterocycles. The second-order valence-corrected chi connectivity index (χ2v) is 4.17. The van der Waals surface area contributed by atoms with Crippen LogP contribution in [-0.2, 0) is 16.2 Å². The Kier molecular flexibility index (Phi) is 2.10. The fourth-order valence-corrected chi connectivity index (χ4v) is 1.16. The summed E-state index contributed by atoms with van der Waals surface area (Å²) in [5.74, 6) is 0. The van der Waals surface area contributed by atoms with Crippen LogP contribution in [0.4, 0.5) is 13.2 Å². The van der Waals surface area contributed by atoms with Crippen LogP contribution < -0.4 is 0 Å². The fraction of sp³-hybridized carbons (Fsp3) is 0.400. The summed E-state index contributed by atoms with van der Waals surface area (Å²) in [6, 6.07) is 0.598. The molecule has 0 saturated heterocycles. The summed E-state index contributed by atoms with van der Waals surface area (Å²) >= 11 is 0. The molecule has 8 heteroatoms. The van der Waals surface area contributed by atoms with E-state index in [4.69, 9.17) is 0 Å². The first kappa shape index (κ1) is 10.0. The van der Waals surface area contributed by atoms with Gasteiger partial charge >= 0.3 is 6.18 Å². The predicted octanol–water partition coefficient (Wildman–Crippen LogP) is 0.710. The normalized spacial score (nSPS) is 13.2. The highest BCUT2D eigenvalue weighted by atomic mass is 32.2. The number of halogens is 3. The van der Waals surface area contributed by atoms with Gasteiger partial charge in [0.25, 0.3) is 10.0 Å². The van der Waals surface area contributed by atoms with E-state index in [0.29, 0.717) is 6.07 Å². The van der Waals surface area contributed by atoms with E-state index in [2.05, 4.69) is 5.10 Å². The lowest BCUT2D eigenvalue weighted by atomic mass is 10.4. The molecule has 0 saturated carbocycles. The molecule has 13 heavy (non-hydrogen) atoms. The van der Waals surface area contributed by atoms with Crippen LogP contribution >= 0.6 is 0 Å². The number of nitrogens with zero attached hydrogens (tertiary/aromatic N) is 2. The van der Waals surface area contributed by atoms with Crippen molar-refractivity contribution in [2.75, 3.05) is 6.26 Å². The van der Waals surface area contributed by atoms with E-state index in [0.717, 1.165) is 12.5 Å². The topological polar surface area (TPSA) is 52.0 Å². The van der Waals surface area contributed by atoms with Gasteiger partial charge in [0.05, 0.1) is 6.26 Å². The van der Waals surface area contributed by atoms with Crippen molar-refractivity contribution >= 4 is 10.0 Å². The lowest BCUT2D eigenvalue weighted by Crippen LogP contribution is -2.13. The Morgan fingerprint density at radius 3 is 2.23 bits per heavy atom. The van der Waals surface area contributed by atoms with Crippen LogP contribution in [0.3, 0.4) is 0 Å². The molecule has 74 valence electrons. The molecular formula is C5H5F3N2O2S. The quantitative estimate of drug-likeness (QED) is 0.691. The Bertz CT molecular complexity index is 406. The van der Waals surface area contributed by atoms with Gasteiger partial charge < -0.3 is 0 Å². The van der Waals surface area contributed by atoms with Crippen LogP contribution in [0.15, 0.2) is 12.3 Å². The molecule has 0 unspecified atom stereocenters. The van der Waals surface area contributed by atoms with Gasteiger partial charge in [-0.15, -0.1) is 0 Å². The average Bonchev–Trinajstić information content (AvgIpc) is 2.28. The predicted molar refractivity (Wildman–Crippen MR) is 37.5 cm³/mol. The first-order valence-corrected chi connectivity index (χ1v) is 4.89. The molecule has 0 bridgehead atoms. The van der Waals surface area contributed by atoms with Gasteiger partial charge in [-0.25, -0.2) is 8.42 Å². The van der Waals surface area contributed by atoms with Crippen molar-refractivity contribution < 1.29 is 21.6 Å². The number of rotatable bonds is 1. The van der Waals surface area contributed by atoms with Crippen LogP contribution in [0.25, 0.3) is 0 Å². The standard InChI is InChI=1S/C5H5F3N2O2S/c1-13(11,12)10-3-2-4(9-10)5(6,7)8/h2-3H,1H3. The van der Waals surface area contributed by atoms with E-state index in [1.54, 1.807) is 0 Å². The van der Waals surface area contributed by atoms with Crippen molar-refractivity contribution in [3.05, 3.63) is 18.0 Å². The van der Waals surface area contributed by atoms with Crippen molar-refractivity contribution in [2.24, 2.45) is 0 Å². The SMILES string of the molecule is CS(=O)(=O)n1ccc(C(F)(F)F)n1. The molecule has 1 rings (SSSR count). The minimum atomic E-state index is -4.62. The first-order valence-electron chi connectivity index (χ1n) is 3.04. The summed E-state index contributed by atoms with van der Waals surface area (Å²) < 4.78 is 57.4. The van der Waals surface area contributed by atoms with Crippen molar-refractivity contribution in [1.29, 1.82) is 0 Å². The van der Waals surface area contributed by atoms with Gasteiger partial charge in [0, 0.05) is 6.20 Å². The first-order chi connectivity index (χ1) is 5.71. The summed E-state index contributed by atoms with van der Waals surface area (Å²) in [5, 5.41) is 2.86. The minimum absolute atomic E-state index is 0.274. The molecule has 0 radical (unpaired) electrons. The zero-order valence-corrected chi connectivity index (χ0v) is 7.22. The second kappa shape index (κ2) is 2.72. The summed E-state index contributed by atoms with van der Waals surface area (Å²) in [7, 11) is -3.74. The molecule has 0 atom stereocenters. The van der Waals surface area contributed by atoms with Crippen molar-refractivity contribution in [1.82, 2.24) is 9.19 Å². The molecule has 1 aromatic rings. The fourth-order valence-electron chi connectivity index (χ4n) is 0.643. The maximum atomic E-state index is 11.9. The van der Waals surface area contributed by atoms with Gasteiger partial charge in [0.1, 0.15) is 0 Å². The van der Waals surface area contributed by atoms with E-state index in [9.17, 15) is 21.6 Å². The van der Waals surface area contributed by atoms with Crippen LogP contribution in [-0.4, -0.2) is 23.9 Å². The van der Waals surface area contributed by atoms with Crippen molar-refractivity contribution in [3.8, 4) is 0 Å². The molecule has 0 fully saturated rings. The molecule has 0 aliphatic heterocycles. The van der Waals surface area contributed by atoms with Crippen molar-refractivity contribution in [3.63, 3.8) is 0 Å². The highest BCUT2D eigenvalue weighted by molar-refractivity contribution is 7.89. The Morgan fingerprint density at radius 1 is 1.46 bits per heavy atom. The number of hydrogen-bond donors (Lipinski definition) is 0. The Hall–Kier alpha value is -1.05. The third kappa shape index (κ3) is 2.20. The Labute approximate surface area is 72.0 Å². The lowest BCUT2D eigenvalue weighted by molar-refractivity contribution is -0.141. The molecule has 0 amide bonds. The third-order valence-electron chi connectivity index (χ3n) is 1.20. The summed E-state index contributed by atoms with van der Waals surface area (Å²) in [5.41, 5.74) is -1.22. The molecule has 4 nitrogen and oxygen atoms in total. The lowest BCUT2D eigenvalue weighted by Gasteiger charge is -2.00. The molecular weight excluding hydrogens is 209 g/mol. The average molecular weight is 214 g/mol. The Morgan fingerprint density at radius 2 is 2.00 bits per heavy atom.